The zero-order valence-electron chi connectivity index (χ0n) is 6.16. The van der Waals surface area contributed by atoms with Gasteiger partial charge in [-0.05, 0) is 19.3 Å². The van der Waals surface area contributed by atoms with E-state index >= 15 is 0 Å². The van der Waals surface area contributed by atoms with Crippen molar-refractivity contribution in [3.05, 3.63) is 0 Å². The molecule has 0 heterocycles. The van der Waals surface area contributed by atoms with Gasteiger partial charge in [-0.2, -0.15) is 0 Å². The summed E-state index contributed by atoms with van der Waals surface area (Å²) in [5, 5.41) is 8.53. The van der Waals surface area contributed by atoms with Gasteiger partial charge in [-0.25, -0.2) is 4.39 Å². The number of halogens is 1. The van der Waals surface area contributed by atoms with Crippen LogP contribution in [0.2, 0.25) is 0 Å². The predicted octanol–water partition coefficient (Wildman–Crippen LogP) is 0.536. The van der Waals surface area contributed by atoms with E-state index < -0.39 is 24.1 Å². The molecular formula is C7H12FNO2. The highest BCUT2D eigenvalue weighted by molar-refractivity contribution is 5.70. The number of aliphatic carboxylic acids is 1. The monoisotopic (exact) mass is 161 g/mol. The van der Waals surface area contributed by atoms with Gasteiger partial charge in [-0.1, -0.05) is 0 Å². The van der Waals surface area contributed by atoms with E-state index in [4.69, 9.17) is 10.8 Å². The summed E-state index contributed by atoms with van der Waals surface area (Å²) in [6, 6.07) is -0.453. The fourth-order valence-corrected chi connectivity index (χ4v) is 1.36. The largest absolute Gasteiger partial charge is 0.481 e. The second kappa shape index (κ2) is 3.17. The van der Waals surface area contributed by atoms with E-state index in [1.165, 1.54) is 0 Å². The van der Waals surface area contributed by atoms with Gasteiger partial charge in [0.05, 0.1) is 5.92 Å². The predicted molar refractivity (Wildman–Crippen MR) is 37.8 cm³/mol. The molecule has 3 atom stereocenters. The normalized spacial score (nSPS) is 38.5. The first-order valence-corrected chi connectivity index (χ1v) is 3.73. The van der Waals surface area contributed by atoms with Crippen LogP contribution in [0.25, 0.3) is 0 Å². The molecule has 4 heteroatoms. The molecule has 1 fully saturated rings. The van der Waals surface area contributed by atoms with Crippen LogP contribution in [0.5, 0.6) is 0 Å². The fourth-order valence-electron chi connectivity index (χ4n) is 1.36. The number of nitrogens with two attached hydrogens (primary N) is 1. The van der Waals surface area contributed by atoms with Crippen molar-refractivity contribution in [2.45, 2.75) is 31.5 Å². The third kappa shape index (κ3) is 1.89. The summed E-state index contributed by atoms with van der Waals surface area (Å²) in [5.41, 5.74) is 5.37. The summed E-state index contributed by atoms with van der Waals surface area (Å²) >= 11 is 0. The Hall–Kier alpha value is -0.640. The Morgan fingerprint density at radius 3 is 2.64 bits per heavy atom. The molecule has 1 rings (SSSR count). The first kappa shape index (κ1) is 8.46. The number of carboxylic acid groups (broad SMARTS) is 1. The van der Waals surface area contributed by atoms with Gasteiger partial charge in [0.25, 0.3) is 0 Å². The Morgan fingerprint density at radius 1 is 1.55 bits per heavy atom. The maximum Gasteiger partial charge on any atom is 0.306 e. The van der Waals surface area contributed by atoms with Crippen LogP contribution in [0.4, 0.5) is 4.39 Å². The van der Waals surface area contributed by atoms with Gasteiger partial charge in [0.2, 0.25) is 0 Å². The van der Waals surface area contributed by atoms with Crippen LogP contribution in [-0.2, 0) is 4.79 Å². The third-order valence-electron chi connectivity index (χ3n) is 2.17. The highest BCUT2D eigenvalue weighted by Crippen LogP contribution is 2.25. The molecule has 3 N–H and O–H groups in total. The second-order valence-electron chi connectivity index (χ2n) is 3.03. The molecular weight excluding hydrogens is 149 g/mol. The van der Waals surface area contributed by atoms with Gasteiger partial charge < -0.3 is 10.8 Å². The number of hydrogen-bond acceptors (Lipinski definition) is 2. The fraction of sp³-hybridized carbons (Fsp3) is 0.857. The lowest BCUT2D eigenvalue weighted by atomic mass is 9.85. The van der Waals surface area contributed by atoms with Crippen LogP contribution < -0.4 is 5.73 Å². The van der Waals surface area contributed by atoms with Crippen LogP contribution in [0, 0.1) is 5.92 Å². The number of alkyl halides is 1. The third-order valence-corrected chi connectivity index (χ3v) is 2.17. The quantitative estimate of drug-likeness (QED) is 0.589. The summed E-state index contributed by atoms with van der Waals surface area (Å²) in [5.74, 6) is -1.43. The van der Waals surface area contributed by atoms with Crippen LogP contribution >= 0.6 is 0 Å². The molecule has 3 unspecified atom stereocenters. The van der Waals surface area contributed by atoms with Gasteiger partial charge in [0.1, 0.15) is 6.17 Å². The van der Waals surface area contributed by atoms with E-state index in [0.717, 1.165) is 0 Å². The van der Waals surface area contributed by atoms with Crippen LogP contribution in [0.3, 0.4) is 0 Å². The van der Waals surface area contributed by atoms with Crippen molar-refractivity contribution in [1.82, 2.24) is 0 Å². The Bertz CT molecular complexity index is 163. The highest BCUT2D eigenvalue weighted by atomic mass is 19.1. The first-order chi connectivity index (χ1) is 5.11. The number of carboxylic acids is 1. The molecule has 0 spiro atoms. The molecule has 0 aromatic rings. The molecule has 0 aromatic carbocycles. The Morgan fingerprint density at radius 2 is 2.18 bits per heavy atom. The van der Waals surface area contributed by atoms with E-state index in [1.54, 1.807) is 0 Å². The smallest absolute Gasteiger partial charge is 0.306 e. The molecule has 1 aliphatic carbocycles. The van der Waals surface area contributed by atoms with Gasteiger partial charge in [0.15, 0.2) is 0 Å². The van der Waals surface area contributed by atoms with Gasteiger partial charge in [0, 0.05) is 6.04 Å². The zero-order valence-corrected chi connectivity index (χ0v) is 6.16. The SMILES string of the molecule is NC1CCC(C(=O)O)CC1F. The average Bonchev–Trinajstić information content (AvgIpc) is 1.94. The number of rotatable bonds is 1. The molecule has 0 aliphatic heterocycles. The average molecular weight is 161 g/mol. The topological polar surface area (TPSA) is 63.3 Å². The van der Waals surface area contributed by atoms with Crippen molar-refractivity contribution in [2.24, 2.45) is 11.7 Å². The van der Waals surface area contributed by atoms with Crippen LogP contribution in [0.15, 0.2) is 0 Å². The molecule has 1 saturated carbocycles. The standard InChI is InChI=1S/C7H12FNO2/c8-5-3-4(7(10)11)1-2-6(5)9/h4-6H,1-3,9H2,(H,10,11). The van der Waals surface area contributed by atoms with Crippen molar-refractivity contribution in [2.75, 3.05) is 0 Å². The Labute approximate surface area is 64.4 Å². The minimum atomic E-state index is -1.13. The van der Waals surface area contributed by atoms with Crippen LogP contribution in [-0.4, -0.2) is 23.3 Å². The van der Waals surface area contributed by atoms with Gasteiger partial charge in [-0.3, -0.25) is 4.79 Å². The first-order valence-electron chi connectivity index (χ1n) is 3.73. The maximum absolute atomic E-state index is 12.8. The van der Waals surface area contributed by atoms with Crippen molar-refractivity contribution in [3.8, 4) is 0 Å². The van der Waals surface area contributed by atoms with E-state index in [2.05, 4.69) is 0 Å². The summed E-state index contributed by atoms with van der Waals surface area (Å²) in [6.45, 7) is 0. The molecule has 0 radical (unpaired) electrons. The van der Waals surface area contributed by atoms with E-state index in [9.17, 15) is 9.18 Å². The van der Waals surface area contributed by atoms with Crippen molar-refractivity contribution in [1.29, 1.82) is 0 Å². The van der Waals surface area contributed by atoms with Crippen LogP contribution in [0.1, 0.15) is 19.3 Å². The minimum Gasteiger partial charge on any atom is -0.481 e. The highest BCUT2D eigenvalue weighted by Gasteiger charge is 2.31. The molecule has 0 saturated heterocycles. The summed E-state index contributed by atoms with van der Waals surface area (Å²) in [6.07, 6.45) is -0.0594. The lowest BCUT2D eigenvalue weighted by Gasteiger charge is -2.26. The van der Waals surface area contributed by atoms with Crippen molar-refractivity contribution < 1.29 is 14.3 Å². The molecule has 3 nitrogen and oxygen atoms in total. The van der Waals surface area contributed by atoms with E-state index in [0.29, 0.717) is 12.8 Å². The maximum atomic E-state index is 12.8. The Kier molecular flexibility index (Phi) is 2.44. The molecule has 0 aromatic heterocycles. The lowest BCUT2D eigenvalue weighted by molar-refractivity contribution is -0.143. The van der Waals surface area contributed by atoms with E-state index in [1.807, 2.05) is 0 Å². The number of carbonyl (C=O) groups is 1. The van der Waals surface area contributed by atoms with Gasteiger partial charge in [-0.15, -0.1) is 0 Å². The Balaban J connectivity index is 2.46. The van der Waals surface area contributed by atoms with Crippen molar-refractivity contribution in [3.63, 3.8) is 0 Å². The molecule has 0 amide bonds. The molecule has 0 bridgehead atoms. The number of hydrogen-bond donors (Lipinski definition) is 2. The summed E-state index contributed by atoms with van der Waals surface area (Å²) in [7, 11) is 0. The molecule has 1 aliphatic rings. The molecule has 11 heavy (non-hydrogen) atoms. The molecule has 64 valence electrons. The van der Waals surface area contributed by atoms with E-state index in [-0.39, 0.29) is 6.42 Å². The minimum absolute atomic E-state index is 0.0799. The summed E-state index contributed by atoms with van der Waals surface area (Å²) in [4.78, 5) is 10.4. The van der Waals surface area contributed by atoms with Gasteiger partial charge >= 0.3 is 5.97 Å². The zero-order chi connectivity index (χ0) is 8.43. The second-order valence-corrected chi connectivity index (χ2v) is 3.03. The van der Waals surface area contributed by atoms with Crippen molar-refractivity contribution >= 4 is 5.97 Å². The summed E-state index contributed by atoms with van der Waals surface area (Å²) < 4.78 is 12.8. The lowest BCUT2D eigenvalue weighted by Crippen LogP contribution is -2.39.